The maximum absolute atomic E-state index is 13.2. The van der Waals surface area contributed by atoms with Crippen molar-refractivity contribution in [3.8, 4) is 5.75 Å². The molecule has 29 heavy (non-hydrogen) atoms. The summed E-state index contributed by atoms with van der Waals surface area (Å²) in [7, 11) is 0. The second-order valence-corrected chi connectivity index (χ2v) is 10.1. The quantitative estimate of drug-likeness (QED) is 0.481. The molecule has 0 bridgehead atoms. The molecule has 0 radical (unpaired) electrons. The molecule has 0 unspecified atom stereocenters. The number of rotatable bonds is 7. The Morgan fingerprint density at radius 1 is 0.897 bits per heavy atom. The fourth-order valence-corrected chi connectivity index (χ4v) is 5.02. The molecule has 3 rings (SSSR count). The van der Waals surface area contributed by atoms with Gasteiger partial charge in [-0.2, -0.15) is 0 Å². The summed E-state index contributed by atoms with van der Waals surface area (Å²) >= 11 is 0. The lowest BCUT2D eigenvalue weighted by Gasteiger charge is -2.42. The van der Waals surface area contributed by atoms with Crippen LogP contribution in [0, 0.1) is 0 Å². The van der Waals surface area contributed by atoms with Crippen LogP contribution in [0.3, 0.4) is 0 Å². The zero-order chi connectivity index (χ0) is 20.7. The monoisotopic (exact) mass is 399 g/mol. The zero-order valence-electron chi connectivity index (χ0n) is 18.9. The molecular formula is C26H41NO2. The number of nitrogens with zero attached hydrogens (tertiary/aromatic N) is 1. The van der Waals surface area contributed by atoms with Crippen molar-refractivity contribution < 1.29 is 9.53 Å². The van der Waals surface area contributed by atoms with E-state index in [1.165, 1.54) is 69.8 Å². The van der Waals surface area contributed by atoms with Crippen molar-refractivity contribution >= 4 is 5.91 Å². The van der Waals surface area contributed by atoms with Gasteiger partial charge in [0.15, 0.2) is 0 Å². The number of hydrogen-bond donors (Lipinski definition) is 0. The molecule has 162 valence electrons. The molecule has 0 atom stereocenters. The number of carbonyl (C=O) groups is 1. The summed E-state index contributed by atoms with van der Waals surface area (Å²) in [4.78, 5) is 15.5. The lowest BCUT2D eigenvalue weighted by molar-refractivity contribution is -0.138. The van der Waals surface area contributed by atoms with Crippen LogP contribution in [0.25, 0.3) is 0 Å². The lowest BCUT2D eigenvalue weighted by atomic mass is 9.87. The van der Waals surface area contributed by atoms with E-state index in [9.17, 15) is 4.79 Å². The Kier molecular flexibility index (Phi) is 8.03. The first-order valence-electron chi connectivity index (χ1n) is 12.0. The molecule has 1 aromatic carbocycles. The summed E-state index contributed by atoms with van der Waals surface area (Å²) in [6.45, 7) is 7.28. The number of ether oxygens (including phenoxy) is 1. The summed E-state index contributed by atoms with van der Waals surface area (Å²) in [6.07, 6.45) is 14.1. The van der Waals surface area contributed by atoms with Crippen molar-refractivity contribution in [3.63, 3.8) is 0 Å². The highest BCUT2D eigenvalue weighted by Crippen LogP contribution is 2.31. The van der Waals surface area contributed by atoms with Crippen molar-refractivity contribution in [2.24, 2.45) is 0 Å². The van der Waals surface area contributed by atoms with E-state index in [1.54, 1.807) is 0 Å². The van der Waals surface area contributed by atoms with E-state index < -0.39 is 0 Å². The van der Waals surface area contributed by atoms with Gasteiger partial charge >= 0.3 is 0 Å². The Hall–Kier alpha value is -1.51. The minimum absolute atomic E-state index is 0.159. The summed E-state index contributed by atoms with van der Waals surface area (Å²) in [5.74, 6) is 1.28. The predicted octanol–water partition coefficient (Wildman–Crippen LogP) is 6.64. The number of benzene rings is 1. The Bertz CT molecular complexity index is 601. The van der Waals surface area contributed by atoms with Gasteiger partial charge < -0.3 is 9.64 Å². The van der Waals surface area contributed by atoms with Crippen molar-refractivity contribution in [2.75, 3.05) is 6.61 Å². The van der Waals surface area contributed by atoms with Crippen molar-refractivity contribution in [2.45, 2.75) is 115 Å². The van der Waals surface area contributed by atoms with E-state index in [2.05, 4.69) is 49.9 Å². The van der Waals surface area contributed by atoms with Crippen molar-refractivity contribution in [3.05, 3.63) is 29.8 Å². The molecule has 1 aromatic rings. The van der Waals surface area contributed by atoms with Crippen molar-refractivity contribution in [1.29, 1.82) is 0 Å². The third-order valence-electron chi connectivity index (χ3n) is 6.75. The zero-order valence-corrected chi connectivity index (χ0v) is 18.9. The second kappa shape index (κ2) is 10.5. The van der Waals surface area contributed by atoms with E-state index in [1.807, 2.05) is 0 Å². The maximum atomic E-state index is 13.2. The number of hydrogen-bond acceptors (Lipinski definition) is 2. The van der Waals surface area contributed by atoms with Gasteiger partial charge in [0.25, 0.3) is 0 Å². The smallest absolute Gasteiger partial charge is 0.223 e. The third-order valence-corrected chi connectivity index (χ3v) is 6.75. The van der Waals surface area contributed by atoms with Crippen LogP contribution >= 0.6 is 0 Å². The Morgan fingerprint density at radius 3 is 1.90 bits per heavy atom. The normalized spacial score (nSPS) is 19.1. The van der Waals surface area contributed by atoms with Crippen LogP contribution in [-0.2, 0) is 10.2 Å². The highest BCUT2D eigenvalue weighted by atomic mass is 16.5. The molecule has 0 spiro atoms. The molecule has 3 heteroatoms. The van der Waals surface area contributed by atoms with Gasteiger partial charge in [-0.1, -0.05) is 71.4 Å². The molecule has 2 fully saturated rings. The second-order valence-electron chi connectivity index (χ2n) is 10.1. The topological polar surface area (TPSA) is 29.5 Å². The van der Waals surface area contributed by atoms with E-state index in [4.69, 9.17) is 4.74 Å². The molecule has 0 heterocycles. The van der Waals surface area contributed by atoms with Gasteiger partial charge in [0.2, 0.25) is 5.91 Å². The van der Waals surface area contributed by atoms with Crippen LogP contribution in [0.15, 0.2) is 24.3 Å². The molecule has 2 saturated carbocycles. The third kappa shape index (κ3) is 6.49. The first-order chi connectivity index (χ1) is 13.9. The minimum atomic E-state index is 0.159. The van der Waals surface area contributed by atoms with E-state index in [0.717, 1.165) is 12.2 Å². The summed E-state index contributed by atoms with van der Waals surface area (Å²) in [6, 6.07) is 9.38. The molecule has 2 aliphatic carbocycles. The maximum Gasteiger partial charge on any atom is 0.223 e. The van der Waals surface area contributed by atoms with Crippen LogP contribution < -0.4 is 4.74 Å². The molecule has 0 aromatic heterocycles. The van der Waals surface area contributed by atoms with Gasteiger partial charge in [-0.05, 0) is 55.2 Å². The van der Waals surface area contributed by atoms with Crippen molar-refractivity contribution in [1.82, 2.24) is 4.90 Å². The predicted molar refractivity (Wildman–Crippen MR) is 120 cm³/mol. The Morgan fingerprint density at radius 2 is 1.41 bits per heavy atom. The summed E-state index contributed by atoms with van der Waals surface area (Å²) in [5.41, 5.74) is 1.47. The van der Waals surface area contributed by atoms with Crippen LogP contribution in [-0.4, -0.2) is 29.5 Å². The highest BCUT2D eigenvalue weighted by Gasteiger charge is 2.31. The van der Waals surface area contributed by atoms with Gasteiger partial charge in [0.1, 0.15) is 5.75 Å². The first kappa shape index (κ1) is 22.2. The van der Waals surface area contributed by atoms with Crippen LogP contribution in [0.2, 0.25) is 0 Å². The summed E-state index contributed by atoms with van der Waals surface area (Å²) in [5, 5.41) is 0. The van der Waals surface area contributed by atoms with Gasteiger partial charge in [0, 0.05) is 18.5 Å². The minimum Gasteiger partial charge on any atom is -0.494 e. The van der Waals surface area contributed by atoms with Gasteiger partial charge in [-0.25, -0.2) is 0 Å². The van der Waals surface area contributed by atoms with Gasteiger partial charge in [-0.3, -0.25) is 4.79 Å². The molecule has 2 aliphatic rings. The average molecular weight is 400 g/mol. The van der Waals surface area contributed by atoms with Crippen LogP contribution in [0.4, 0.5) is 0 Å². The molecule has 3 nitrogen and oxygen atoms in total. The fourth-order valence-electron chi connectivity index (χ4n) is 5.02. The highest BCUT2D eigenvalue weighted by molar-refractivity contribution is 5.77. The molecular weight excluding hydrogens is 358 g/mol. The van der Waals surface area contributed by atoms with Crippen LogP contribution in [0.1, 0.15) is 103 Å². The van der Waals surface area contributed by atoms with Gasteiger partial charge in [-0.15, -0.1) is 0 Å². The SMILES string of the molecule is CC(C)(C)c1ccc(OCCCC(=O)N(C2CCCCC2)C2CCCCC2)cc1. The molecule has 1 amide bonds. The van der Waals surface area contributed by atoms with E-state index >= 15 is 0 Å². The molecule has 0 saturated heterocycles. The standard InChI is InChI=1S/C26H41NO2/c1-26(2,3)21-16-18-24(19-17-21)29-20-10-15-25(28)27(22-11-6-4-7-12-22)23-13-8-5-9-14-23/h16-19,22-23H,4-15,20H2,1-3H3. The van der Waals surface area contributed by atoms with Crippen LogP contribution in [0.5, 0.6) is 5.75 Å². The average Bonchev–Trinajstić information content (AvgIpc) is 2.73. The first-order valence-corrected chi connectivity index (χ1v) is 12.0. The Labute approximate surface area is 178 Å². The largest absolute Gasteiger partial charge is 0.494 e. The lowest BCUT2D eigenvalue weighted by Crippen LogP contribution is -2.48. The van der Waals surface area contributed by atoms with E-state index in [-0.39, 0.29) is 5.41 Å². The molecule has 0 N–H and O–H groups in total. The van der Waals surface area contributed by atoms with Gasteiger partial charge in [0.05, 0.1) is 6.61 Å². The Balaban J connectivity index is 1.49. The molecule has 0 aliphatic heterocycles. The number of amides is 1. The fraction of sp³-hybridized carbons (Fsp3) is 0.731. The number of carbonyl (C=O) groups excluding carboxylic acids is 1. The summed E-state index contributed by atoms with van der Waals surface area (Å²) < 4.78 is 5.92. The van der Waals surface area contributed by atoms with E-state index in [0.29, 0.717) is 31.0 Å².